The van der Waals surface area contributed by atoms with Gasteiger partial charge in [-0.15, -0.1) is 0 Å². The first-order chi connectivity index (χ1) is 17.8. The Balaban J connectivity index is 1.42. The third-order valence-electron chi connectivity index (χ3n) is 6.12. The third-order valence-corrected chi connectivity index (χ3v) is 6.12. The second kappa shape index (κ2) is 9.92. The molecule has 0 aliphatic carbocycles. The van der Waals surface area contributed by atoms with Gasteiger partial charge in [0.05, 0.1) is 18.0 Å². The molecule has 1 saturated heterocycles. The normalized spacial score (nSPS) is 16.1. The number of nitrogen functional groups attached to an aromatic ring is 1. The zero-order valence-electron chi connectivity index (χ0n) is 19.6. The average molecular weight is 509 g/mol. The summed E-state index contributed by atoms with van der Waals surface area (Å²) in [5.74, 6) is 0.932. The van der Waals surface area contributed by atoms with E-state index in [2.05, 4.69) is 9.97 Å². The molecule has 2 N–H and O–H groups in total. The molecule has 1 amide bonds. The van der Waals surface area contributed by atoms with Gasteiger partial charge in [0.2, 0.25) is 5.91 Å². The average Bonchev–Trinajstić information content (AvgIpc) is 3.49. The van der Waals surface area contributed by atoms with Gasteiger partial charge in [-0.1, -0.05) is 18.2 Å². The molecule has 1 atom stereocenters. The molecular formula is C26H23F3N6O2. The molecule has 0 bridgehead atoms. The van der Waals surface area contributed by atoms with Crippen molar-refractivity contribution < 1.29 is 22.7 Å². The fraction of sp³-hybridized carbons (Fsp3) is 0.231. The highest BCUT2D eigenvalue weighted by Gasteiger charge is 2.31. The van der Waals surface area contributed by atoms with E-state index < -0.39 is 12.1 Å². The lowest BCUT2D eigenvalue weighted by atomic mass is 10.1. The van der Waals surface area contributed by atoms with Crippen molar-refractivity contribution in [2.75, 3.05) is 12.3 Å². The number of carbonyl (C=O) groups is 1. The number of likely N-dealkylation sites (tertiary alicyclic amines) is 1. The number of para-hydroxylation sites is 1. The lowest BCUT2D eigenvalue weighted by molar-refractivity contribution is -0.127. The van der Waals surface area contributed by atoms with Crippen LogP contribution in [0.2, 0.25) is 0 Å². The molecule has 5 rings (SSSR count). The summed E-state index contributed by atoms with van der Waals surface area (Å²) in [6.45, 7) is 0.630. The minimum Gasteiger partial charge on any atom is -0.457 e. The molecule has 0 unspecified atom stereocenters. The van der Waals surface area contributed by atoms with Crippen molar-refractivity contribution in [1.29, 1.82) is 0 Å². The molecule has 0 saturated carbocycles. The molecule has 1 fully saturated rings. The standard InChI is InChI=1S/C26H23F3N6O2/c27-26(28,29)13-12-21(36)34-14-4-5-18(34)15-35-25-22(24(30)31-16-32-25)23(33-35)17-8-10-20(11-9-17)37-19-6-2-1-3-7-19/h1-3,6-13,16,18H,4-5,14-15H2,(H2,30,31,32)/b13-12+/t18-/m1/s1. The van der Waals surface area contributed by atoms with Crippen LogP contribution < -0.4 is 10.5 Å². The molecule has 1 aliphatic heterocycles. The summed E-state index contributed by atoms with van der Waals surface area (Å²) in [5, 5.41) is 5.30. The lowest BCUT2D eigenvalue weighted by Gasteiger charge is -2.23. The highest BCUT2D eigenvalue weighted by molar-refractivity contribution is 5.98. The third kappa shape index (κ3) is 5.40. The summed E-state index contributed by atoms with van der Waals surface area (Å²) < 4.78 is 45.2. The van der Waals surface area contributed by atoms with E-state index in [4.69, 9.17) is 15.6 Å². The van der Waals surface area contributed by atoms with Crippen molar-refractivity contribution in [3.63, 3.8) is 0 Å². The Morgan fingerprint density at radius 2 is 1.81 bits per heavy atom. The largest absolute Gasteiger partial charge is 0.457 e. The lowest BCUT2D eigenvalue weighted by Crippen LogP contribution is -2.37. The molecule has 37 heavy (non-hydrogen) atoms. The molecule has 0 radical (unpaired) electrons. The fourth-order valence-corrected chi connectivity index (χ4v) is 4.44. The SMILES string of the molecule is Nc1ncnc2c1c(-c1ccc(Oc3ccccc3)cc1)nn2C[C@H]1CCCN1C(=O)/C=C/C(F)(F)F. The van der Waals surface area contributed by atoms with Crippen LogP contribution in [-0.2, 0) is 11.3 Å². The monoisotopic (exact) mass is 508 g/mol. The zero-order chi connectivity index (χ0) is 26.0. The second-order valence-corrected chi connectivity index (χ2v) is 8.63. The number of rotatable bonds is 6. The topological polar surface area (TPSA) is 99.2 Å². The Kier molecular flexibility index (Phi) is 6.51. The Morgan fingerprint density at radius 1 is 1.08 bits per heavy atom. The number of fused-ring (bicyclic) bond motifs is 1. The number of carbonyl (C=O) groups excluding carboxylic acids is 1. The smallest absolute Gasteiger partial charge is 0.409 e. The maximum Gasteiger partial charge on any atom is 0.409 e. The molecule has 4 aromatic rings. The van der Waals surface area contributed by atoms with E-state index >= 15 is 0 Å². The van der Waals surface area contributed by atoms with Crippen LogP contribution in [0.3, 0.4) is 0 Å². The minimum absolute atomic E-state index is 0.0365. The van der Waals surface area contributed by atoms with Gasteiger partial charge in [0.1, 0.15) is 29.3 Å². The number of benzene rings is 2. The molecule has 3 heterocycles. The second-order valence-electron chi connectivity index (χ2n) is 8.63. The molecule has 1 aliphatic rings. The predicted octanol–water partition coefficient (Wildman–Crippen LogP) is 4.98. The Bertz CT molecular complexity index is 1430. The predicted molar refractivity (Wildman–Crippen MR) is 132 cm³/mol. The van der Waals surface area contributed by atoms with Crippen molar-refractivity contribution >= 4 is 22.8 Å². The first kappa shape index (κ1) is 24.3. The summed E-state index contributed by atoms with van der Waals surface area (Å²) in [7, 11) is 0. The van der Waals surface area contributed by atoms with Gasteiger partial charge in [0.15, 0.2) is 5.65 Å². The van der Waals surface area contributed by atoms with Crippen molar-refractivity contribution in [3.05, 3.63) is 73.1 Å². The van der Waals surface area contributed by atoms with Crippen LogP contribution in [0, 0.1) is 0 Å². The van der Waals surface area contributed by atoms with Crippen molar-refractivity contribution in [2.24, 2.45) is 0 Å². The first-order valence-electron chi connectivity index (χ1n) is 11.7. The van der Waals surface area contributed by atoms with E-state index in [1.165, 1.54) is 11.2 Å². The van der Waals surface area contributed by atoms with Gasteiger partial charge in [0.25, 0.3) is 0 Å². The van der Waals surface area contributed by atoms with E-state index in [0.717, 1.165) is 5.56 Å². The van der Waals surface area contributed by atoms with E-state index in [0.29, 0.717) is 53.7 Å². The number of allylic oxidation sites excluding steroid dienone is 1. The van der Waals surface area contributed by atoms with Gasteiger partial charge in [-0.25, -0.2) is 14.6 Å². The van der Waals surface area contributed by atoms with Gasteiger partial charge in [-0.3, -0.25) is 4.79 Å². The molecule has 2 aromatic heterocycles. The van der Waals surface area contributed by atoms with Gasteiger partial charge in [-0.05, 0) is 49.2 Å². The maximum atomic E-state index is 12.6. The number of hydrogen-bond donors (Lipinski definition) is 1. The van der Waals surface area contributed by atoms with Crippen LogP contribution in [0.5, 0.6) is 11.5 Å². The zero-order valence-corrected chi connectivity index (χ0v) is 19.6. The summed E-state index contributed by atoms with van der Waals surface area (Å²) in [5.41, 5.74) is 8.00. The fourth-order valence-electron chi connectivity index (χ4n) is 4.44. The molecule has 0 spiro atoms. The number of aromatic nitrogens is 4. The Morgan fingerprint density at radius 3 is 2.54 bits per heavy atom. The number of amides is 1. The number of alkyl halides is 3. The molecule has 190 valence electrons. The Hall–Kier alpha value is -4.41. The van der Waals surface area contributed by atoms with E-state index in [1.807, 2.05) is 54.6 Å². The Labute approximate surface area is 210 Å². The number of nitrogens with two attached hydrogens (primary N) is 1. The van der Waals surface area contributed by atoms with Crippen LogP contribution in [-0.4, -0.2) is 49.3 Å². The highest BCUT2D eigenvalue weighted by Crippen LogP contribution is 2.33. The van der Waals surface area contributed by atoms with E-state index in [9.17, 15) is 18.0 Å². The number of hydrogen-bond acceptors (Lipinski definition) is 6. The molecule has 8 nitrogen and oxygen atoms in total. The van der Waals surface area contributed by atoms with Gasteiger partial charge in [0, 0.05) is 24.3 Å². The van der Waals surface area contributed by atoms with Crippen LogP contribution in [0.1, 0.15) is 12.8 Å². The minimum atomic E-state index is -4.55. The highest BCUT2D eigenvalue weighted by atomic mass is 19.4. The van der Waals surface area contributed by atoms with Crippen LogP contribution >= 0.6 is 0 Å². The van der Waals surface area contributed by atoms with Crippen molar-refractivity contribution in [3.8, 4) is 22.8 Å². The van der Waals surface area contributed by atoms with Crippen molar-refractivity contribution in [2.45, 2.75) is 31.6 Å². The van der Waals surface area contributed by atoms with Crippen molar-refractivity contribution in [1.82, 2.24) is 24.6 Å². The van der Waals surface area contributed by atoms with E-state index in [1.54, 1.807) is 4.68 Å². The maximum absolute atomic E-state index is 12.6. The van der Waals surface area contributed by atoms with Crippen LogP contribution in [0.25, 0.3) is 22.3 Å². The summed E-state index contributed by atoms with van der Waals surface area (Å²) in [4.78, 5) is 22.4. The van der Waals surface area contributed by atoms with Gasteiger partial charge < -0.3 is 15.4 Å². The number of halogens is 3. The van der Waals surface area contributed by atoms with E-state index in [-0.39, 0.29) is 24.5 Å². The first-order valence-corrected chi connectivity index (χ1v) is 11.7. The number of nitrogens with zero attached hydrogens (tertiary/aromatic N) is 5. The van der Waals surface area contributed by atoms with Gasteiger partial charge >= 0.3 is 6.18 Å². The summed E-state index contributed by atoms with van der Waals surface area (Å²) >= 11 is 0. The van der Waals surface area contributed by atoms with Gasteiger partial charge in [-0.2, -0.15) is 18.3 Å². The number of ether oxygens (including phenoxy) is 1. The van der Waals surface area contributed by atoms with Crippen LogP contribution in [0.15, 0.2) is 73.1 Å². The quantitative estimate of drug-likeness (QED) is 0.369. The molecular weight excluding hydrogens is 485 g/mol. The summed E-state index contributed by atoms with van der Waals surface area (Å²) in [6, 6.07) is 16.4. The molecule has 2 aromatic carbocycles. The number of anilines is 1. The van der Waals surface area contributed by atoms with Crippen LogP contribution in [0.4, 0.5) is 19.0 Å². The molecule has 11 heteroatoms. The summed E-state index contributed by atoms with van der Waals surface area (Å²) in [6.07, 6.45) is -1.36.